The second kappa shape index (κ2) is 10.6. The lowest BCUT2D eigenvalue weighted by Crippen LogP contribution is -2.61. The summed E-state index contributed by atoms with van der Waals surface area (Å²) >= 11 is 0. The summed E-state index contributed by atoms with van der Waals surface area (Å²) < 4.78 is 0. The SMILES string of the molecule is Cc1ccc(N2c3cc(C)ccc3B3c4cc(C)ccc4N(c4ccccc4C)c4cc(C5CC6CC7CCC5C(C7)C6)cc2c43)cc1. The molecule has 3 heteroatoms. The Hall–Kier alpha value is -4.24. The fourth-order valence-electron chi connectivity index (χ4n) is 11.0. The van der Waals surface area contributed by atoms with Crippen molar-refractivity contribution in [3.63, 3.8) is 0 Å². The van der Waals surface area contributed by atoms with E-state index in [0.717, 1.165) is 23.7 Å². The molecule has 3 fully saturated rings. The number of fused-ring (bicyclic) bond motifs is 6. The molecule has 3 saturated carbocycles. The van der Waals surface area contributed by atoms with Crippen LogP contribution in [-0.4, -0.2) is 6.71 Å². The van der Waals surface area contributed by atoms with Crippen molar-refractivity contribution < 1.29 is 0 Å². The van der Waals surface area contributed by atoms with Gasteiger partial charge in [0, 0.05) is 34.1 Å². The molecule has 0 amide bonds. The van der Waals surface area contributed by atoms with E-state index in [1.54, 1.807) is 5.56 Å². The zero-order valence-electron chi connectivity index (χ0n) is 28.8. The van der Waals surface area contributed by atoms with Gasteiger partial charge in [-0.3, -0.25) is 0 Å². The van der Waals surface area contributed by atoms with Gasteiger partial charge in [-0.05, 0) is 165 Å². The van der Waals surface area contributed by atoms with Crippen LogP contribution in [-0.2, 0) is 0 Å². The maximum Gasteiger partial charge on any atom is 0.252 e. The van der Waals surface area contributed by atoms with E-state index in [2.05, 4.69) is 135 Å². The second-order valence-corrected chi connectivity index (χ2v) is 16.1. The van der Waals surface area contributed by atoms with Gasteiger partial charge in [0.25, 0.3) is 6.71 Å². The van der Waals surface area contributed by atoms with Gasteiger partial charge >= 0.3 is 0 Å². The lowest BCUT2D eigenvalue weighted by Gasteiger charge is -2.52. The number of para-hydroxylation sites is 1. The van der Waals surface area contributed by atoms with Crippen LogP contribution in [0.15, 0.2) is 97.1 Å². The molecule has 2 aliphatic heterocycles. The number of rotatable bonds is 3. The molecule has 0 radical (unpaired) electrons. The highest BCUT2D eigenvalue weighted by atomic mass is 15.2. The molecule has 48 heavy (non-hydrogen) atoms. The molecule has 238 valence electrons. The van der Waals surface area contributed by atoms with Crippen LogP contribution in [0.25, 0.3) is 0 Å². The molecule has 0 N–H and O–H groups in total. The topological polar surface area (TPSA) is 6.48 Å². The Kier molecular flexibility index (Phi) is 6.37. The van der Waals surface area contributed by atoms with Crippen LogP contribution in [0.4, 0.5) is 34.1 Å². The minimum atomic E-state index is 0.178. The smallest absolute Gasteiger partial charge is 0.252 e. The monoisotopic (exact) mass is 624 g/mol. The summed E-state index contributed by atoms with van der Waals surface area (Å²) in [5, 5.41) is 0. The zero-order chi connectivity index (χ0) is 32.3. The molecular weight excluding hydrogens is 579 g/mol. The summed E-state index contributed by atoms with van der Waals surface area (Å²) in [6.45, 7) is 9.16. The molecule has 10 rings (SSSR count). The van der Waals surface area contributed by atoms with Crippen molar-refractivity contribution in [2.75, 3.05) is 9.80 Å². The molecule has 2 nitrogen and oxygen atoms in total. The molecular formula is C45H45BN2. The fraction of sp³-hybridized carbons (Fsp3) is 0.333. The predicted octanol–water partition coefficient (Wildman–Crippen LogP) is 9.93. The number of aryl methyl sites for hydroxylation is 4. The molecule has 5 atom stereocenters. The third-order valence-electron chi connectivity index (χ3n) is 13.0. The first-order chi connectivity index (χ1) is 23.4. The molecule has 3 aliphatic carbocycles. The van der Waals surface area contributed by atoms with Crippen LogP contribution in [0.1, 0.15) is 72.3 Å². The minimum absolute atomic E-state index is 0.178. The second-order valence-electron chi connectivity index (χ2n) is 16.1. The van der Waals surface area contributed by atoms with E-state index in [-0.39, 0.29) is 6.71 Å². The average molecular weight is 625 g/mol. The van der Waals surface area contributed by atoms with Crippen LogP contribution >= 0.6 is 0 Å². The van der Waals surface area contributed by atoms with Crippen molar-refractivity contribution in [1.82, 2.24) is 0 Å². The highest BCUT2D eigenvalue weighted by molar-refractivity contribution is 7.00. The van der Waals surface area contributed by atoms with Crippen LogP contribution in [0.3, 0.4) is 0 Å². The molecule has 3 bridgehead atoms. The Labute approximate surface area is 286 Å². The van der Waals surface area contributed by atoms with Crippen LogP contribution < -0.4 is 26.2 Å². The molecule has 5 aliphatic rings. The lowest BCUT2D eigenvalue weighted by molar-refractivity contribution is 0.0153. The van der Waals surface area contributed by atoms with E-state index in [0.29, 0.717) is 5.92 Å². The lowest BCUT2D eigenvalue weighted by atomic mass is 9.33. The van der Waals surface area contributed by atoms with Gasteiger partial charge in [-0.1, -0.05) is 72.1 Å². The largest absolute Gasteiger partial charge is 0.311 e. The Morgan fingerprint density at radius 1 is 0.542 bits per heavy atom. The first-order valence-electron chi connectivity index (χ1n) is 18.5. The minimum Gasteiger partial charge on any atom is -0.311 e. The van der Waals surface area contributed by atoms with Crippen LogP contribution in [0.5, 0.6) is 0 Å². The molecule has 0 spiro atoms. The van der Waals surface area contributed by atoms with Gasteiger partial charge < -0.3 is 9.80 Å². The Morgan fingerprint density at radius 3 is 2.10 bits per heavy atom. The van der Waals surface area contributed by atoms with Crippen molar-refractivity contribution in [3.8, 4) is 0 Å². The summed E-state index contributed by atoms with van der Waals surface area (Å²) in [5.41, 5.74) is 19.1. The maximum atomic E-state index is 2.67. The van der Waals surface area contributed by atoms with Crippen molar-refractivity contribution in [2.24, 2.45) is 23.7 Å². The normalized spacial score (nSPS) is 24.7. The molecule has 0 aromatic heterocycles. The number of hydrogen-bond acceptors (Lipinski definition) is 2. The molecule has 2 heterocycles. The van der Waals surface area contributed by atoms with E-state index >= 15 is 0 Å². The zero-order valence-corrected chi connectivity index (χ0v) is 28.8. The van der Waals surface area contributed by atoms with Crippen LogP contribution in [0, 0.1) is 51.4 Å². The molecule has 5 aromatic carbocycles. The highest BCUT2D eigenvalue weighted by Gasteiger charge is 2.48. The summed E-state index contributed by atoms with van der Waals surface area (Å²) in [4.78, 5) is 5.26. The van der Waals surface area contributed by atoms with Gasteiger partial charge in [-0.25, -0.2) is 0 Å². The van der Waals surface area contributed by atoms with Gasteiger partial charge in [-0.15, -0.1) is 0 Å². The summed E-state index contributed by atoms with van der Waals surface area (Å²) in [7, 11) is 0. The van der Waals surface area contributed by atoms with Crippen molar-refractivity contribution >= 4 is 57.2 Å². The molecule has 5 aromatic rings. The van der Waals surface area contributed by atoms with Crippen LogP contribution in [0.2, 0.25) is 0 Å². The predicted molar refractivity (Wildman–Crippen MR) is 204 cm³/mol. The molecule has 0 saturated heterocycles. The number of anilines is 6. The Balaban J connectivity index is 1.29. The summed E-state index contributed by atoms with van der Waals surface area (Å²) in [5.74, 6) is 4.24. The maximum absolute atomic E-state index is 2.67. The molecule has 5 unspecified atom stereocenters. The van der Waals surface area contributed by atoms with Crippen molar-refractivity contribution in [3.05, 3.63) is 125 Å². The average Bonchev–Trinajstić information content (AvgIpc) is 3.08. The number of hydrogen-bond donors (Lipinski definition) is 0. The van der Waals surface area contributed by atoms with E-state index < -0.39 is 0 Å². The van der Waals surface area contributed by atoms with Gasteiger partial charge in [0.15, 0.2) is 0 Å². The van der Waals surface area contributed by atoms with E-state index in [4.69, 9.17) is 0 Å². The van der Waals surface area contributed by atoms with Crippen molar-refractivity contribution in [2.45, 2.75) is 72.1 Å². The van der Waals surface area contributed by atoms with E-state index in [1.807, 2.05) is 0 Å². The number of benzene rings is 5. The Bertz CT molecular complexity index is 2090. The third-order valence-corrected chi connectivity index (χ3v) is 13.0. The number of nitrogens with zero attached hydrogens (tertiary/aromatic N) is 2. The quantitative estimate of drug-likeness (QED) is 0.181. The highest BCUT2D eigenvalue weighted by Crippen LogP contribution is 2.58. The first-order valence-corrected chi connectivity index (χ1v) is 18.5. The standard InChI is InChI=1S/C45H45BN2/c1-27-9-14-35(15-10-27)47-42-20-29(3)11-17-38(42)46-39-19-28(2)12-18-41(39)48(40-8-6-5-7-30(40)4)44-26-34(25-43(47)45(44)46)37-24-32-21-31-13-16-36(37)33(22-31)23-32/h5-12,14-15,17-20,25-26,31-33,36-37H,13,16,21-24H2,1-4H3. The van der Waals surface area contributed by atoms with Gasteiger partial charge in [0.05, 0.1) is 0 Å². The van der Waals surface area contributed by atoms with Gasteiger partial charge in [0.2, 0.25) is 0 Å². The fourth-order valence-corrected chi connectivity index (χ4v) is 11.0. The van der Waals surface area contributed by atoms with Crippen molar-refractivity contribution in [1.29, 1.82) is 0 Å². The first kappa shape index (κ1) is 28.7. The Morgan fingerprint density at radius 2 is 1.27 bits per heavy atom. The van der Waals surface area contributed by atoms with E-state index in [9.17, 15) is 0 Å². The van der Waals surface area contributed by atoms with E-state index in [1.165, 1.54) is 111 Å². The summed E-state index contributed by atoms with van der Waals surface area (Å²) in [6.07, 6.45) is 8.63. The third kappa shape index (κ3) is 4.25. The van der Waals surface area contributed by atoms with Gasteiger partial charge in [-0.2, -0.15) is 0 Å². The van der Waals surface area contributed by atoms with Gasteiger partial charge in [0.1, 0.15) is 0 Å². The summed E-state index contributed by atoms with van der Waals surface area (Å²) in [6, 6.07) is 38.0.